The number of amides is 1. The number of nitrogens with one attached hydrogen (secondary N) is 1. The number of rotatable bonds is 4. The van der Waals surface area contributed by atoms with Gasteiger partial charge in [-0.1, -0.05) is 6.92 Å². The van der Waals surface area contributed by atoms with Crippen LogP contribution in [0.25, 0.3) is 0 Å². The van der Waals surface area contributed by atoms with Crippen molar-refractivity contribution < 1.29 is 4.79 Å². The minimum Gasteiger partial charge on any atom is -0.359 e. The molecule has 5 nitrogen and oxygen atoms in total. The van der Waals surface area contributed by atoms with Crippen LogP contribution < -0.4 is 10.2 Å². The number of hydrogen-bond acceptors (Lipinski definition) is 4. The molecule has 17 heavy (non-hydrogen) atoms. The van der Waals surface area contributed by atoms with Gasteiger partial charge in [0.2, 0.25) is 5.91 Å². The second-order valence-electron chi connectivity index (χ2n) is 3.88. The van der Waals surface area contributed by atoms with E-state index >= 15 is 0 Å². The molecule has 1 aromatic heterocycles. The van der Waals surface area contributed by atoms with Crippen LogP contribution in [-0.4, -0.2) is 31.5 Å². The molecule has 0 aliphatic rings. The summed E-state index contributed by atoms with van der Waals surface area (Å²) in [5.41, 5.74) is 0.513. The third-order valence-electron chi connectivity index (χ3n) is 2.51. The van der Waals surface area contributed by atoms with Gasteiger partial charge in [0.1, 0.15) is 11.9 Å². The molecule has 1 rings (SSSR count). The highest BCUT2D eigenvalue weighted by molar-refractivity contribution is 5.78. The van der Waals surface area contributed by atoms with Crippen molar-refractivity contribution in [1.29, 1.82) is 5.26 Å². The molecule has 1 amide bonds. The summed E-state index contributed by atoms with van der Waals surface area (Å²) in [5.74, 6) is 0.426. The normalized spacial score (nSPS) is 11.4. The first-order valence-corrected chi connectivity index (χ1v) is 5.38. The first kappa shape index (κ1) is 13.0. The molecule has 1 unspecified atom stereocenters. The first-order valence-electron chi connectivity index (χ1n) is 5.38. The van der Waals surface area contributed by atoms with Crippen molar-refractivity contribution in [2.45, 2.75) is 6.92 Å². The van der Waals surface area contributed by atoms with Gasteiger partial charge in [-0.15, -0.1) is 0 Å². The van der Waals surface area contributed by atoms with Crippen molar-refractivity contribution in [2.24, 2.45) is 5.92 Å². The molecule has 1 aromatic rings. The van der Waals surface area contributed by atoms with E-state index in [1.807, 2.05) is 18.9 Å². The van der Waals surface area contributed by atoms with Crippen LogP contribution in [0, 0.1) is 17.2 Å². The summed E-state index contributed by atoms with van der Waals surface area (Å²) in [4.78, 5) is 17.4. The fourth-order valence-corrected chi connectivity index (χ4v) is 1.61. The predicted octanol–water partition coefficient (Wildman–Crippen LogP) is 0.772. The average molecular weight is 232 g/mol. The Morgan fingerprint density at radius 1 is 1.71 bits per heavy atom. The van der Waals surface area contributed by atoms with Crippen LogP contribution in [0.1, 0.15) is 12.5 Å². The summed E-state index contributed by atoms with van der Waals surface area (Å²) in [6.45, 7) is 2.36. The SMILES string of the molecule is CNC(=O)C(C)CN(C)c1ncccc1C#N. The summed E-state index contributed by atoms with van der Waals surface area (Å²) in [6.07, 6.45) is 1.64. The first-order chi connectivity index (χ1) is 8.10. The maximum Gasteiger partial charge on any atom is 0.224 e. The fraction of sp³-hybridized carbons (Fsp3) is 0.417. The lowest BCUT2D eigenvalue weighted by atomic mass is 10.1. The molecule has 0 aliphatic carbocycles. The number of anilines is 1. The quantitative estimate of drug-likeness (QED) is 0.832. The van der Waals surface area contributed by atoms with Crippen LogP contribution in [0.15, 0.2) is 18.3 Å². The van der Waals surface area contributed by atoms with Crippen LogP contribution >= 0.6 is 0 Å². The van der Waals surface area contributed by atoms with Gasteiger partial charge in [-0.05, 0) is 12.1 Å². The molecule has 0 radical (unpaired) electrons. The van der Waals surface area contributed by atoms with Crippen molar-refractivity contribution in [2.75, 3.05) is 25.5 Å². The Kier molecular flexibility index (Phi) is 4.46. The Bertz CT molecular complexity index is 438. The van der Waals surface area contributed by atoms with Crippen molar-refractivity contribution in [1.82, 2.24) is 10.3 Å². The molecule has 0 fully saturated rings. The van der Waals surface area contributed by atoms with Gasteiger partial charge in [0.15, 0.2) is 0 Å². The molecule has 0 saturated heterocycles. The van der Waals surface area contributed by atoms with Gasteiger partial charge >= 0.3 is 0 Å². The fourth-order valence-electron chi connectivity index (χ4n) is 1.61. The van der Waals surface area contributed by atoms with E-state index in [0.717, 1.165) is 0 Å². The summed E-state index contributed by atoms with van der Waals surface area (Å²) >= 11 is 0. The van der Waals surface area contributed by atoms with E-state index in [9.17, 15) is 4.79 Å². The van der Waals surface area contributed by atoms with Gasteiger partial charge in [0, 0.05) is 26.8 Å². The minimum absolute atomic E-state index is 0.0220. The summed E-state index contributed by atoms with van der Waals surface area (Å²) in [6, 6.07) is 5.52. The zero-order chi connectivity index (χ0) is 12.8. The maximum absolute atomic E-state index is 11.4. The number of nitrogens with zero attached hydrogens (tertiary/aromatic N) is 3. The Morgan fingerprint density at radius 3 is 3.00 bits per heavy atom. The van der Waals surface area contributed by atoms with Crippen LogP contribution in [-0.2, 0) is 4.79 Å². The lowest BCUT2D eigenvalue weighted by molar-refractivity contribution is -0.123. The van der Waals surface area contributed by atoms with Crippen LogP contribution in [0.5, 0.6) is 0 Å². The van der Waals surface area contributed by atoms with E-state index in [0.29, 0.717) is 17.9 Å². The van der Waals surface area contributed by atoms with E-state index in [2.05, 4.69) is 16.4 Å². The van der Waals surface area contributed by atoms with Gasteiger partial charge < -0.3 is 10.2 Å². The molecule has 1 atom stereocenters. The molecular formula is C12H16N4O. The van der Waals surface area contributed by atoms with Crippen LogP contribution in [0.4, 0.5) is 5.82 Å². The smallest absolute Gasteiger partial charge is 0.224 e. The highest BCUT2D eigenvalue weighted by Gasteiger charge is 2.16. The Balaban J connectivity index is 2.80. The molecule has 0 spiro atoms. The van der Waals surface area contributed by atoms with Crippen LogP contribution in [0.2, 0.25) is 0 Å². The number of pyridine rings is 1. The Morgan fingerprint density at radius 2 is 2.41 bits per heavy atom. The molecule has 0 saturated carbocycles. The monoisotopic (exact) mass is 232 g/mol. The number of carbonyl (C=O) groups is 1. The van der Waals surface area contributed by atoms with Gasteiger partial charge in [0.25, 0.3) is 0 Å². The zero-order valence-electron chi connectivity index (χ0n) is 10.3. The van der Waals surface area contributed by atoms with Gasteiger partial charge in [0.05, 0.1) is 11.5 Å². The molecule has 0 aromatic carbocycles. The highest BCUT2D eigenvalue weighted by Crippen LogP contribution is 2.15. The molecule has 0 bridgehead atoms. The molecule has 5 heteroatoms. The van der Waals surface area contributed by atoms with Gasteiger partial charge in [-0.2, -0.15) is 5.26 Å². The predicted molar refractivity (Wildman–Crippen MR) is 65.5 cm³/mol. The second-order valence-corrected chi connectivity index (χ2v) is 3.88. The van der Waals surface area contributed by atoms with Gasteiger partial charge in [-0.25, -0.2) is 4.98 Å². The second kappa shape index (κ2) is 5.85. The summed E-state index contributed by atoms with van der Waals surface area (Å²) in [7, 11) is 3.43. The highest BCUT2D eigenvalue weighted by atomic mass is 16.1. The third-order valence-corrected chi connectivity index (χ3v) is 2.51. The Labute approximate surface area is 101 Å². The standard InChI is InChI=1S/C12H16N4O/c1-9(12(17)14-2)8-16(3)11-10(7-13)5-4-6-15-11/h4-6,9H,8H2,1-3H3,(H,14,17). The van der Waals surface area contributed by atoms with Crippen molar-refractivity contribution in [3.8, 4) is 6.07 Å². The van der Waals surface area contributed by atoms with E-state index in [1.165, 1.54) is 0 Å². The zero-order valence-corrected chi connectivity index (χ0v) is 10.3. The van der Waals surface area contributed by atoms with E-state index in [-0.39, 0.29) is 11.8 Å². The van der Waals surface area contributed by atoms with Crippen molar-refractivity contribution in [3.05, 3.63) is 23.9 Å². The van der Waals surface area contributed by atoms with Crippen molar-refractivity contribution >= 4 is 11.7 Å². The van der Waals surface area contributed by atoms with E-state index < -0.39 is 0 Å². The number of hydrogen-bond donors (Lipinski definition) is 1. The number of aromatic nitrogens is 1. The van der Waals surface area contributed by atoms with Crippen LogP contribution in [0.3, 0.4) is 0 Å². The molecule has 1 N–H and O–H groups in total. The van der Waals surface area contributed by atoms with Crippen molar-refractivity contribution in [3.63, 3.8) is 0 Å². The Hall–Kier alpha value is -2.09. The lowest BCUT2D eigenvalue weighted by Gasteiger charge is -2.22. The molecule has 1 heterocycles. The molecular weight excluding hydrogens is 216 g/mol. The largest absolute Gasteiger partial charge is 0.359 e. The molecule has 90 valence electrons. The summed E-state index contributed by atoms with van der Waals surface area (Å²) < 4.78 is 0. The number of carbonyl (C=O) groups excluding carboxylic acids is 1. The average Bonchev–Trinajstić information content (AvgIpc) is 2.37. The molecule has 0 aliphatic heterocycles. The third kappa shape index (κ3) is 3.18. The lowest BCUT2D eigenvalue weighted by Crippen LogP contribution is -2.34. The minimum atomic E-state index is -0.154. The van der Waals surface area contributed by atoms with E-state index in [1.54, 1.807) is 25.4 Å². The van der Waals surface area contributed by atoms with E-state index in [4.69, 9.17) is 5.26 Å². The number of nitriles is 1. The van der Waals surface area contributed by atoms with Gasteiger partial charge in [-0.3, -0.25) is 4.79 Å². The topological polar surface area (TPSA) is 69.0 Å². The maximum atomic E-state index is 11.4. The summed E-state index contributed by atoms with van der Waals surface area (Å²) in [5, 5.41) is 11.6.